The number of carboxylic acid groups (broad SMARTS) is 1. The summed E-state index contributed by atoms with van der Waals surface area (Å²) >= 11 is 4.69. The van der Waals surface area contributed by atoms with Gasteiger partial charge in [0.25, 0.3) is 0 Å². The second-order valence-corrected chi connectivity index (χ2v) is 6.34. The van der Waals surface area contributed by atoms with Gasteiger partial charge in [-0.05, 0) is 34.1 Å². The van der Waals surface area contributed by atoms with E-state index in [1.165, 1.54) is 11.8 Å². The zero-order valence-corrected chi connectivity index (χ0v) is 13.4. The minimum atomic E-state index is -0.957. The molecule has 0 saturated heterocycles. The lowest BCUT2D eigenvalue weighted by molar-refractivity contribution is 0.0695. The predicted molar refractivity (Wildman–Crippen MR) is 79.0 cm³/mol. The van der Waals surface area contributed by atoms with Crippen molar-refractivity contribution < 1.29 is 14.4 Å². The molecule has 0 aliphatic rings. The average molecular weight is 357 g/mol. The standard InChI is InChI=1S/C13H13BrN2O3S/c1-7(2)12-15-11(16-19-12)6-20-8-3-4-10(14)9(5-8)13(17)18/h3-5,7H,6H2,1-2H3,(H,17,18). The highest BCUT2D eigenvalue weighted by molar-refractivity contribution is 9.10. The van der Waals surface area contributed by atoms with Crippen LogP contribution in [-0.4, -0.2) is 21.2 Å². The lowest BCUT2D eigenvalue weighted by Gasteiger charge is -2.03. The molecule has 0 atom stereocenters. The molecule has 1 heterocycles. The summed E-state index contributed by atoms with van der Waals surface area (Å²) in [6.45, 7) is 3.97. The molecule has 1 aromatic carbocycles. The zero-order chi connectivity index (χ0) is 14.7. The van der Waals surface area contributed by atoms with Gasteiger partial charge in [0.05, 0.1) is 11.3 Å². The van der Waals surface area contributed by atoms with Crippen molar-refractivity contribution in [1.29, 1.82) is 0 Å². The first-order valence-electron chi connectivity index (χ1n) is 5.95. The lowest BCUT2D eigenvalue weighted by Crippen LogP contribution is -1.97. The van der Waals surface area contributed by atoms with Crippen molar-refractivity contribution in [3.63, 3.8) is 0 Å². The van der Waals surface area contributed by atoms with E-state index in [0.717, 1.165) is 4.90 Å². The average Bonchev–Trinajstić information content (AvgIpc) is 2.86. The Morgan fingerprint density at radius 1 is 1.50 bits per heavy atom. The number of aromatic nitrogens is 2. The van der Waals surface area contributed by atoms with Crippen molar-refractivity contribution in [1.82, 2.24) is 10.1 Å². The van der Waals surface area contributed by atoms with Gasteiger partial charge in [0.15, 0.2) is 5.82 Å². The number of thioether (sulfide) groups is 1. The highest BCUT2D eigenvalue weighted by Crippen LogP contribution is 2.27. The number of carboxylic acids is 1. The molecule has 0 amide bonds. The molecule has 0 spiro atoms. The SMILES string of the molecule is CC(C)c1nc(CSc2ccc(Br)c(C(=O)O)c2)no1. The van der Waals surface area contributed by atoms with Crippen molar-refractivity contribution in [3.05, 3.63) is 40.0 Å². The van der Waals surface area contributed by atoms with E-state index in [4.69, 9.17) is 9.63 Å². The summed E-state index contributed by atoms with van der Waals surface area (Å²) in [7, 11) is 0. The van der Waals surface area contributed by atoms with Crippen LogP contribution in [0.2, 0.25) is 0 Å². The molecular formula is C13H13BrN2O3S. The largest absolute Gasteiger partial charge is 0.478 e. The number of benzene rings is 1. The number of nitrogens with zero attached hydrogens (tertiary/aromatic N) is 2. The normalized spacial score (nSPS) is 11.0. The zero-order valence-electron chi connectivity index (χ0n) is 11.0. The Bertz CT molecular complexity index is 628. The van der Waals surface area contributed by atoms with E-state index >= 15 is 0 Å². The molecule has 0 radical (unpaired) electrons. The van der Waals surface area contributed by atoms with Gasteiger partial charge in [0.1, 0.15) is 0 Å². The highest BCUT2D eigenvalue weighted by Gasteiger charge is 2.12. The van der Waals surface area contributed by atoms with Crippen LogP contribution in [0.4, 0.5) is 0 Å². The van der Waals surface area contributed by atoms with Gasteiger partial charge in [-0.1, -0.05) is 19.0 Å². The summed E-state index contributed by atoms with van der Waals surface area (Å²) in [5.41, 5.74) is 0.242. The van der Waals surface area contributed by atoms with Gasteiger partial charge in [-0.3, -0.25) is 0 Å². The van der Waals surface area contributed by atoms with E-state index in [9.17, 15) is 4.79 Å². The van der Waals surface area contributed by atoms with Crippen LogP contribution in [0.25, 0.3) is 0 Å². The Labute approximate surface area is 128 Å². The van der Waals surface area contributed by atoms with E-state index in [1.54, 1.807) is 12.1 Å². The highest BCUT2D eigenvalue weighted by atomic mass is 79.9. The Balaban J connectivity index is 2.06. The van der Waals surface area contributed by atoms with Crippen LogP contribution >= 0.6 is 27.7 Å². The number of carbonyl (C=O) groups is 1. The minimum absolute atomic E-state index is 0.201. The fourth-order valence-corrected chi connectivity index (χ4v) is 2.66. The van der Waals surface area contributed by atoms with E-state index in [0.29, 0.717) is 21.9 Å². The summed E-state index contributed by atoms with van der Waals surface area (Å²) < 4.78 is 5.69. The minimum Gasteiger partial charge on any atom is -0.478 e. The van der Waals surface area contributed by atoms with Crippen LogP contribution in [0, 0.1) is 0 Å². The van der Waals surface area contributed by atoms with E-state index in [-0.39, 0.29) is 11.5 Å². The molecule has 2 aromatic rings. The third-order valence-electron chi connectivity index (χ3n) is 2.51. The monoisotopic (exact) mass is 356 g/mol. The maximum absolute atomic E-state index is 11.0. The number of hydrogen-bond acceptors (Lipinski definition) is 5. The van der Waals surface area contributed by atoms with Crippen molar-refractivity contribution in [2.24, 2.45) is 0 Å². The maximum Gasteiger partial charge on any atom is 0.336 e. The summed E-state index contributed by atoms with van der Waals surface area (Å²) in [4.78, 5) is 16.2. The second-order valence-electron chi connectivity index (χ2n) is 4.44. The van der Waals surface area contributed by atoms with Crippen LogP contribution < -0.4 is 0 Å². The molecule has 106 valence electrons. The first-order valence-corrected chi connectivity index (χ1v) is 7.73. The smallest absolute Gasteiger partial charge is 0.336 e. The summed E-state index contributed by atoms with van der Waals surface area (Å²) in [6.07, 6.45) is 0. The Morgan fingerprint density at radius 3 is 2.85 bits per heavy atom. The fraction of sp³-hybridized carbons (Fsp3) is 0.308. The third-order valence-corrected chi connectivity index (χ3v) is 4.20. The molecular weight excluding hydrogens is 344 g/mol. The van der Waals surface area contributed by atoms with Crippen LogP contribution in [0.3, 0.4) is 0 Å². The summed E-state index contributed by atoms with van der Waals surface area (Å²) in [5.74, 6) is 1.01. The van der Waals surface area contributed by atoms with Crippen molar-refractivity contribution in [3.8, 4) is 0 Å². The molecule has 0 unspecified atom stereocenters. The topological polar surface area (TPSA) is 76.2 Å². The number of rotatable bonds is 5. The summed E-state index contributed by atoms with van der Waals surface area (Å²) in [6, 6.07) is 5.20. The quantitative estimate of drug-likeness (QED) is 0.817. The summed E-state index contributed by atoms with van der Waals surface area (Å²) in [5, 5.41) is 13.0. The van der Waals surface area contributed by atoms with E-state index in [2.05, 4.69) is 26.1 Å². The first kappa shape index (κ1) is 15.1. The number of halogens is 1. The number of aromatic carboxylic acids is 1. The van der Waals surface area contributed by atoms with Crippen molar-refractivity contribution in [2.45, 2.75) is 30.4 Å². The molecule has 1 N–H and O–H groups in total. The van der Waals surface area contributed by atoms with Gasteiger partial charge >= 0.3 is 5.97 Å². The first-order chi connectivity index (χ1) is 9.47. The Morgan fingerprint density at radius 2 is 2.25 bits per heavy atom. The molecule has 0 saturated carbocycles. The molecule has 0 aliphatic heterocycles. The molecule has 1 aromatic heterocycles. The van der Waals surface area contributed by atoms with E-state index < -0.39 is 5.97 Å². The van der Waals surface area contributed by atoms with Crippen molar-refractivity contribution >= 4 is 33.7 Å². The van der Waals surface area contributed by atoms with E-state index in [1.807, 2.05) is 19.9 Å². The second kappa shape index (κ2) is 6.41. The molecule has 0 aliphatic carbocycles. The van der Waals surface area contributed by atoms with Gasteiger partial charge in [-0.2, -0.15) is 4.98 Å². The third kappa shape index (κ3) is 3.61. The van der Waals surface area contributed by atoms with Crippen LogP contribution in [0.15, 0.2) is 32.1 Å². The van der Waals surface area contributed by atoms with Gasteiger partial charge in [-0.25, -0.2) is 4.79 Å². The predicted octanol–water partition coefficient (Wildman–Crippen LogP) is 3.95. The van der Waals surface area contributed by atoms with Gasteiger partial charge < -0.3 is 9.63 Å². The Kier molecular flexibility index (Phi) is 4.82. The van der Waals surface area contributed by atoms with Crippen LogP contribution in [0.5, 0.6) is 0 Å². The Hall–Kier alpha value is -1.34. The molecule has 0 bridgehead atoms. The molecule has 7 heteroatoms. The van der Waals surface area contributed by atoms with Crippen molar-refractivity contribution in [2.75, 3.05) is 0 Å². The van der Waals surface area contributed by atoms with Gasteiger partial charge in [-0.15, -0.1) is 11.8 Å². The number of hydrogen-bond donors (Lipinski definition) is 1. The molecule has 20 heavy (non-hydrogen) atoms. The maximum atomic E-state index is 11.0. The van der Waals surface area contributed by atoms with Gasteiger partial charge in [0.2, 0.25) is 5.89 Å². The molecule has 0 fully saturated rings. The molecule has 2 rings (SSSR count). The lowest BCUT2D eigenvalue weighted by atomic mass is 10.2. The fourth-order valence-electron chi connectivity index (χ4n) is 1.47. The van der Waals surface area contributed by atoms with Crippen LogP contribution in [0.1, 0.15) is 41.8 Å². The van der Waals surface area contributed by atoms with Gasteiger partial charge in [0, 0.05) is 15.3 Å². The van der Waals surface area contributed by atoms with Crippen LogP contribution in [-0.2, 0) is 5.75 Å². The molecule has 5 nitrogen and oxygen atoms in total.